The third-order valence-electron chi connectivity index (χ3n) is 2.10. The second-order valence-corrected chi connectivity index (χ2v) is 4.52. The van der Waals surface area contributed by atoms with Gasteiger partial charge in [0, 0.05) is 10.9 Å². The maximum absolute atomic E-state index is 5.94. The van der Waals surface area contributed by atoms with E-state index in [1.54, 1.807) is 0 Å². The van der Waals surface area contributed by atoms with Gasteiger partial charge in [0.2, 0.25) is 0 Å². The molecule has 0 heterocycles. The van der Waals surface area contributed by atoms with Crippen LogP contribution in [0.25, 0.3) is 0 Å². The number of hydrogen-bond donors (Lipinski definition) is 2. The molecule has 1 aromatic carbocycles. The van der Waals surface area contributed by atoms with Crippen LogP contribution in [0.15, 0.2) is 29.2 Å². The fraction of sp³-hybridized carbons (Fsp3) is 0.455. The lowest BCUT2D eigenvalue weighted by molar-refractivity contribution is 0.661. The normalized spacial score (nSPS) is 11.9. The summed E-state index contributed by atoms with van der Waals surface area (Å²) in [6.07, 6.45) is 0.847. The lowest BCUT2D eigenvalue weighted by atomic mass is 10.1. The van der Waals surface area contributed by atoms with Crippen molar-refractivity contribution in [1.29, 1.82) is 0 Å². The molecular formula is C11H19ClN2S. The second kappa shape index (κ2) is 7.99. The van der Waals surface area contributed by atoms with Gasteiger partial charge in [0.15, 0.2) is 0 Å². The van der Waals surface area contributed by atoms with Gasteiger partial charge in [-0.05, 0) is 36.4 Å². The van der Waals surface area contributed by atoms with Gasteiger partial charge in [-0.15, -0.1) is 24.2 Å². The van der Waals surface area contributed by atoms with E-state index in [1.165, 1.54) is 10.5 Å². The molecule has 0 aromatic heterocycles. The summed E-state index contributed by atoms with van der Waals surface area (Å²) in [5, 5.41) is 0. The predicted octanol–water partition coefficient (Wildman–Crippen LogP) is 2.57. The molecule has 0 radical (unpaired) electrons. The zero-order chi connectivity index (χ0) is 10.4. The molecule has 0 unspecified atom stereocenters. The van der Waals surface area contributed by atoms with E-state index >= 15 is 0 Å². The number of rotatable bonds is 5. The molecule has 1 atom stereocenters. The Morgan fingerprint density at radius 1 is 1.27 bits per heavy atom. The summed E-state index contributed by atoms with van der Waals surface area (Å²) in [5.74, 6) is 1.11. The monoisotopic (exact) mass is 246 g/mol. The molecule has 4 N–H and O–H groups in total. The van der Waals surface area contributed by atoms with Crippen molar-refractivity contribution in [2.45, 2.75) is 24.3 Å². The van der Waals surface area contributed by atoms with Crippen molar-refractivity contribution in [3.63, 3.8) is 0 Å². The SMILES string of the molecule is CCSc1ccc([C@H](N)CCN)cc1.Cl. The molecule has 1 aromatic rings. The molecule has 0 bridgehead atoms. The number of benzene rings is 1. The van der Waals surface area contributed by atoms with Crippen molar-refractivity contribution in [3.05, 3.63) is 29.8 Å². The molecule has 4 heteroatoms. The Kier molecular flexibility index (Phi) is 7.88. The van der Waals surface area contributed by atoms with Crippen molar-refractivity contribution >= 4 is 24.2 Å². The molecule has 0 aliphatic rings. The summed E-state index contributed by atoms with van der Waals surface area (Å²) in [4.78, 5) is 1.30. The van der Waals surface area contributed by atoms with Crippen LogP contribution in [-0.2, 0) is 0 Å². The van der Waals surface area contributed by atoms with Gasteiger partial charge in [0.05, 0.1) is 0 Å². The van der Waals surface area contributed by atoms with Gasteiger partial charge in [-0.3, -0.25) is 0 Å². The van der Waals surface area contributed by atoms with E-state index in [9.17, 15) is 0 Å². The van der Waals surface area contributed by atoms with Gasteiger partial charge >= 0.3 is 0 Å². The summed E-state index contributed by atoms with van der Waals surface area (Å²) in [6.45, 7) is 2.80. The van der Waals surface area contributed by atoms with Crippen LogP contribution < -0.4 is 11.5 Å². The average molecular weight is 247 g/mol. The highest BCUT2D eigenvalue weighted by molar-refractivity contribution is 7.99. The molecule has 0 saturated carbocycles. The molecule has 2 nitrogen and oxygen atoms in total. The lowest BCUT2D eigenvalue weighted by Crippen LogP contribution is -2.15. The highest BCUT2D eigenvalue weighted by Crippen LogP contribution is 2.20. The van der Waals surface area contributed by atoms with Crippen LogP contribution in [0.3, 0.4) is 0 Å². The van der Waals surface area contributed by atoms with E-state index in [4.69, 9.17) is 11.5 Å². The van der Waals surface area contributed by atoms with Gasteiger partial charge in [0.25, 0.3) is 0 Å². The maximum Gasteiger partial charge on any atom is 0.0306 e. The highest BCUT2D eigenvalue weighted by atomic mass is 35.5. The third kappa shape index (κ3) is 4.89. The molecule has 0 amide bonds. The fourth-order valence-electron chi connectivity index (χ4n) is 1.32. The first-order valence-electron chi connectivity index (χ1n) is 4.96. The van der Waals surface area contributed by atoms with Crippen LogP contribution in [0.5, 0.6) is 0 Å². The number of halogens is 1. The predicted molar refractivity (Wildman–Crippen MR) is 70.7 cm³/mol. The summed E-state index contributed by atoms with van der Waals surface area (Å²) in [5.41, 5.74) is 12.6. The lowest BCUT2D eigenvalue weighted by Gasteiger charge is -2.10. The first-order chi connectivity index (χ1) is 6.77. The maximum atomic E-state index is 5.94. The molecule has 0 aliphatic heterocycles. The molecule has 0 spiro atoms. The van der Waals surface area contributed by atoms with Gasteiger partial charge in [-0.25, -0.2) is 0 Å². The van der Waals surface area contributed by atoms with Crippen molar-refractivity contribution in [2.24, 2.45) is 11.5 Å². The summed E-state index contributed by atoms with van der Waals surface area (Å²) >= 11 is 1.84. The largest absolute Gasteiger partial charge is 0.330 e. The summed E-state index contributed by atoms with van der Waals surface area (Å²) < 4.78 is 0. The van der Waals surface area contributed by atoms with Crippen LogP contribution in [0, 0.1) is 0 Å². The highest BCUT2D eigenvalue weighted by Gasteiger charge is 2.03. The Bertz CT molecular complexity index is 264. The van der Waals surface area contributed by atoms with Crippen LogP contribution in [-0.4, -0.2) is 12.3 Å². The topological polar surface area (TPSA) is 52.0 Å². The molecule has 0 saturated heterocycles. The quantitative estimate of drug-likeness (QED) is 0.786. The van der Waals surface area contributed by atoms with Gasteiger partial charge in [0.1, 0.15) is 0 Å². The summed E-state index contributed by atoms with van der Waals surface area (Å²) in [6, 6.07) is 8.52. The smallest absolute Gasteiger partial charge is 0.0306 e. The van der Waals surface area contributed by atoms with Crippen molar-refractivity contribution in [2.75, 3.05) is 12.3 Å². The second-order valence-electron chi connectivity index (χ2n) is 3.19. The van der Waals surface area contributed by atoms with Crippen molar-refractivity contribution < 1.29 is 0 Å². The Morgan fingerprint density at radius 3 is 2.33 bits per heavy atom. The molecule has 0 aliphatic carbocycles. The number of hydrogen-bond acceptors (Lipinski definition) is 3. The van der Waals surface area contributed by atoms with E-state index in [0.29, 0.717) is 6.54 Å². The van der Waals surface area contributed by atoms with Crippen LogP contribution >= 0.6 is 24.2 Å². The van der Waals surface area contributed by atoms with Crippen LogP contribution in [0.1, 0.15) is 24.9 Å². The van der Waals surface area contributed by atoms with Gasteiger partial charge in [-0.2, -0.15) is 0 Å². The molecule has 15 heavy (non-hydrogen) atoms. The van der Waals surface area contributed by atoms with E-state index in [0.717, 1.165) is 12.2 Å². The third-order valence-corrected chi connectivity index (χ3v) is 2.99. The molecular weight excluding hydrogens is 228 g/mol. The van der Waals surface area contributed by atoms with E-state index in [2.05, 4.69) is 31.2 Å². The number of nitrogens with two attached hydrogens (primary N) is 2. The zero-order valence-electron chi connectivity index (χ0n) is 8.98. The Balaban J connectivity index is 0.00000196. The molecule has 0 fully saturated rings. The Morgan fingerprint density at radius 2 is 1.87 bits per heavy atom. The molecule has 86 valence electrons. The Hall–Kier alpha value is -0.220. The zero-order valence-corrected chi connectivity index (χ0v) is 10.6. The minimum absolute atomic E-state index is 0. The van der Waals surface area contributed by atoms with Crippen molar-refractivity contribution in [3.8, 4) is 0 Å². The van der Waals surface area contributed by atoms with E-state index < -0.39 is 0 Å². The fourth-order valence-corrected chi connectivity index (χ4v) is 1.99. The number of thioether (sulfide) groups is 1. The first-order valence-corrected chi connectivity index (χ1v) is 5.95. The first kappa shape index (κ1) is 14.8. The van der Waals surface area contributed by atoms with Crippen LogP contribution in [0.2, 0.25) is 0 Å². The Labute approximate surface area is 102 Å². The minimum Gasteiger partial charge on any atom is -0.330 e. The average Bonchev–Trinajstić information content (AvgIpc) is 2.20. The minimum atomic E-state index is 0. The van der Waals surface area contributed by atoms with Gasteiger partial charge in [-0.1, -0.05) is 19.1 Å². The van der Waals surface area contributed by atoms with Gasteiger partial charge < -0.3 is 11.5 Å². The molecule has 1 rings (SSSR count). The van der Waals surface area contributed by atoms with E-state index in [-0.39, 0.29) is 18.4 Å². The van der Waals surface area contributed by atoms with Crippen LogP contribution in [0.4, 0.5) is 0 Å². The standard InChI is InChI=1S/C11H18N2S.ClH/c1-2-14-10-5-3-9(4-6-10)11(13)7-8-12;/h3-6,11H,2,7-8,12-13H2,1H3;1H/t11-;/m1./s1. The van der Waals surface area contributed by atoms with Crippen molar-refractivity contribution in [1.82, 2.24) is 0 Å². The van der Waals surface area contributed by atoms with E-state index in [1.807, 2.05) is 11.8 Å². The summed E-state index contributed by atoms with van der Waals surface area (Å²) in [7, 11) is 0.